The lowest BCUT2D eigenvalue weighted by Crippen LogP contribution is -2.48. The van der Waals surface area contributed by atoms with Crippen molar-refractivity contribution in [3.63, 3.8) is 0 Å². The topological polar surface area (TPSA) is 41.6 Å². The highest BCUT2D eigenvalue weighted by atomic mass is 16.5. The fourth-order valence-electron chi connectivity index (χ4n) is 1.57. The lowest BCUT2D eigenvalue weighted by Gasteiger charge is -2.28. The van der Waals surface area contributed by atoms with E-state index in [1.807, 2.05) is 11.8 Å². The maximum absolute atomic E-state index is 11.6. The van der Waals surface area contributed by atoms with Crippen LogP contribution >= 0.6 is 0 Å². The first-order valence-corrected chi connectivity index (χ1v) is 5.37. The number of hydrogen-bond donors (Lipinski definition) is 1. The maximum Gasteiger partial charge on any atom is 0.317 e. The fraction of sp³-hybridized carbons (Fsp3) is 0.900. The molecule has 4 heteroatoms. The van der Waals surface area contributed by atoms with Crippen molar-refractivity contribution in [3.05, 3.63) is 0 Å². The molecule has 1 fully saturated rings. The summed E-state index contributed by atoms with van der Waals surface area (Å²) < 4.78 is 5.18. The predicted molar refractivity (Wildman–Crippen MR) is 55.3 cm³/mol. The molecular weight excluding hydrogens is 180 g/mol. The lowest BCUT2D eigenvalue weighted by atomic mass is 10.2. The van der Waals surface area contributed by atoms with Crippen LogP contribution in [0.3, 0.4) is 0 Å². The molecule has 82 valence electrons. The summed E-state index contributed by atoms with van der Waals surface area (Å²) in [6, 6.07) is 0.324. The Balaban J connectivity index is 2.25. The first-order chi connectivity index (χ1) is 6.74. The highest BCUT2D eigenvalue weighted by Crippen LogP contribution is 2.00. The molecule has 2 amide bonds. The van der Waals surface area contributed by atoms with E-state index < -0.39 is 0 Å². The Morgan fingerprint density at radius 3 is 2.71 bits per heavy atom. The van der Waals surface area contributed by atoms with Gasteiger partial charge < -0.3 is 15.0 Å². The smallest absolute Gasteiger partial charge is 0.317 e. The van der Waals surface area contributed by atoms with Crippen molar-refractivity contribution < 1.29 is 9.53 Å². The number of morpholine rings is 1. The molecule has 0 aliphatic carbocycles. The van der Waals surface area contributed by atoms with E-state index in [2.05, 4.69) is 12.2 Å². The molecule has 1 atom stereocenters. The Bertz CT molecular complexity index is 179. The van der Waals surface area contributed by atoms with Crippen molar-refractivity contribution in [1.29, 1.82) is 0 Å². The summed E-state index contributed by atoms with van der Waals surface area (Å²) in [6.45, 7) is 6.92. The van der Waals surface area contributed by atoms with Crippen molar-refractivity contribution in [2.24, 2.45) is 0 Å². The summed E-state index contributed by atoms with van der Waals surface area (Å²) in [6.07, 6.45) is 2.14. The van der Waals surface area contributed by atoms with Gasteiger partial charge in [-0.15, -0.1) is 0 Å². The van der Waals surface area contributed by atoms with Crippen molar-refractivity contribution >= 4 is 6.03 Å². The van der Waals surface area contributed by atoms with Crippen LogP contribution in [0.1, 0.15) is 26.7 Å². The third-order valence-corrected chi connectivity index (χ3v) is 2.39. The van der Waals surface area contributed by atoms with E-state index in [1.165, 1.54) is 0 Å². The molecule has 1 heterocycles. The fourth-order valence-corrected chi connectivity index (χ4v) is 1.57. The van der Waals surface area contributed by atoms with E-state index in [-0.39, 0.29) is 12.1 Å². The molecule has 1 rings (SSSR count). The lowest BCUT2D eigenvalue weighted by molar-refractivity contribution is 0.0525. The maximum atomic E-state index is 11.6. The number of carbonyl (C=O) groups is 1. The molecule has 0 spiro atoms. The highest BCUT2D eigenvalue weighted by molar-refractivity contribution is 5.74. The van der Waals surface area contributed by atoms with Crippen molar-refractivity contribution in [2.45, 2.75) is 32.7 Å². The van der Waals surface area contributed by atoms with E-state index in [0.29, 0.717) is 26.3 Å². The Labute approximate surface area is 85.6 Å². The molecule has 1 N–H and O–H groups in total. The van der Waals surface area contributed by atoms with Crippen LogP contribution in [0.15, 0.2) is 0 Å². The molecule has 1 aliphatic heterocycles. The molecule has 1 saturated heterocycles. The number of urea groups is 1. The Kier molecular flexibility index (Phi) is 4.73. The van der Waals surface area contributed by atoms with Crippen molar-refractivity contribution in [1.82, 2.24) is 10.2 Å². The number of carbonyl (C=O) groups excluding carboxylic acids is 1. The third kappa shape index (κ3) is 3.54. The summed E-state index contributed by atoms with van der Waals surface area (Å²) in [5.74, 6) is 0. The molecular formula is C10H20N2O2. The molecule has 4 nitrogen and oxygen atoms in total. The number of rotatable bonds is 3. The van der Waals surface area contributed by atoms with E-state index in [9.17, 15) is 4.79 Å². The average Bonchev–Trinajstić information content (AvgIpc) is 2.19. The summed E-state index contributed by atoms with van der Waals surface area (Å²) in [5, 5.41) is 2.98. The second-order valence-corrected chi connectivity index (χ2v) is 3.74. The van der Waals surface area contributed by atoms with Gasteiger partial charge in [-0.1, -0.05) is 13.3 Å². The zero-order valence-corrected chi connectivity index (χ0v) is 9.08. The second-order valence-electron chi connectivity index (χ2n) is 3.74. The number of ether oxygens (including phenoxy) is 1. The second kappa shape index (κ2) is 5.86. The molecule has 1 unspecified atom stereocenters. The standard InChI is InChI=1S/C10H20N2O2/c1-3-4-9(2)11-10(13)12-5-7-14-8-6-12/h9H,3-8H2,1-2H3,(H,11,13). The molecule has 0 aromatic rings. The van der Waals surface area contributed by atoms with Crippen LogP contribution in [0.25, 0.3) is 0 Å². The van der Waals surface area contributed by atoms with E-state index in [1.54, 1.807) is 0 Å². The molecule has 0 saturated carbocycles. The van der Waals surface area contributed by atoms with Gasteiger partial charge in [0.25, 0.3) is 0 Å². The Morgan fingerprint density at radius 1 is 1.50 bits per heavy atom. The minimum absolute atomic E-state index is 0.0502. The summed E-state index contributed by atoms with van der Waals surface area (Å²) >= 11 is 0. The molecule has 0 aromatic heterocycles. The molecule has 0 radical (unpaired) electrons. The van der Waals surface area contributed by atoms with E-state index >= 15 is 0 Å². The van der Waals surface area contributed by atoms with Crippen LogP contribution < -0.4 is 5.32 Å². The predicted octanol–water partition coefficient (Wildman–Crippen LogP) is 1.22. The average molecular weight is 200 g/mol. The summed E-state index contributed by atoms with van der Waals surface area (Å²) in [4.78, 5) is 13.5. The van der Waals surface area contributed by atoms with E-state index in [0.717, 1.165) is 12.8 Å². The molecule has 14 heavy (non-hydrogen) atoms. The van der Waals surface area contributed by atoms with Gasteiger partial charge in [0.15, 0.2) is 0 Å². The van der Waals surface area contributed by atoms with Gasteiger partial charge in [0.05, 0.1) is 13.2 Å². The van der Waals surface area contributed by atoms with Crippen LogP contribution in [0.5, 0.6) is 0 Å². The minimum Gasteiger partial charge on any atom is -0.378 e. The van der Waals surface area contributed by atoms with Gasteiger partial charge in [-0.2, -0.15) is 0 Å². The first kappa shape index (κ1) is 11.3. The van der Waals surface area contributed by atoms with Crippen molar-refractivity contribution in [3.8, 4) is 0 Å². The molecule has 0 aromatic carbocycles. The first-order valence-electron chi connectivity index (χ1n) is 5.37. The molecule has 0 bridgehead atoms. The van der Waals surface area contributed by atoms with Crippen LogP contribution in [0.4, 0.5) is 4.79 Å². The van der Waals surface area contributed by atoms with Gasteiger partial charge in [-0.25, -0.2) is 4.79 Å². The molecule has 1 aliphatic rings. The summed E-state index contributed by atoms with van der Waals surface area (Å²) in [7, 11) is 0. The highest BCUT2D eigenvalue weighted by Gasteiger charge is 2.17. The van der Waals surface area contributed by atoms with Gasteiger partial charge in [0.2, 0.25) is 0 Å². The Hall–Kier alpha value is -0.770. The summed E-state index contributed by atoms with van der Waals surface area (Å²) in [5.41, 5.74) is 0. The van der Waals surface area contributed by atoms with Gasteiger partial charge in [0, 0.05) is 19.1 Å². The van der Waals surface area contributed by atoms with Crippen LogP contribution in [-0.4, -0.2) is 43.3 Å². The van der Waals surface area contributed by atoms with Crippen LogP contribution in [-0.2, 0) is 4.74 Å². The normalized spacial score (nSPS) is 19.1. The number of nitrogens with zero attached hydrogens (tertiary/aromatic N) is 1. The zero-order chi connectivity index (χ0) is 10.4. The van der Waals surface area contributed by atoms with Crippen LogP contribution in [0, 0.1) is 0 Å². The van der Waals surface area contributed by atoms with Gasteiger partial charge in [-0.05, 0) is 13.3 Å². The zero-order valence-electron chi connectivity index (χ0n) is 9.08. The van der Waals surface area contributed by atoms with Gasteiger partial charge in [-0.3, -0.25) is 0 Å². The number of nitrogens with one attached hydrogen (secondary N) is 1. The third-order valence-electron chi connectivity index (χ3n) is 2.39. The van der Waals surface area contributed by atoms with Gasteiger partial charge >= 0.3 is 6.03 Å². The Morgan fingerprint density at radius 2 is 2.14 bits per heavy atom. The van der Waals surface area contributed by atoms with Crippen molar-refractivity contribution in [2.75, 3.05) is 26.3 Å². The van der Waals surface area contributed by atoms with Gasteiger partial charge in [0.1, 0.15) is 0 Å². The largest absolute Gasteiger partial charge is 0.378 e. The van der Waals surface area contributed by atoms with Crippen LogP contribution in [0.2, 0.25) is 0 Å². The number of amides is 2. The van der Waals surface area contributed by atoms with E-state index in [4.69, 9.17) is 4.74 Å². The number of hydrogen-bond acceptors (Lipinski definition) is 2. The SMILES string of the molecule is CCCC(C)NC(=O)N1CCOCC1. The minimum atomic E-state index is 0.0502. The monoisotopic (exact) mass is 200 g/mol. The quantitative estimate of drug-likeness (QED) is 0.744.